The molecular weight excluding hydrogens is 216 g/mol. The Balaban J connectivity index is 1.57. The molecule has 2 rings (SSSR count). The third-order valence-electron chi connectivity index (χ3n) is 4.10. The van der Waals surface area contributed by atoms with Crippen molar-refractivity contribution in [3.63, 3.8) is 0 Å². The zero-order valence-electron chi connectivity index (χ0n) is 11.0. The first-order chi connectivity index (χ1) is 8.14. The second-order valence-corrected chi connectivity index (χ2v) is 5.70. The lowest BCUT2D eigenvalue weighted by Gasteiger charge is -2.21. The van der Waals surface area contributed by atoms with Crippen LogP contribution in [0, 0.1) is 5.92 Å². The van der Waals surface area contributed by atoms with Crippen molar-refractivity contribution < 1.29 is 14.3 Å². The SMILES string of the molecule is CCCCCC(=O)OCC1CCC2(C)OC2C1. The Labute approximate surface area is 104 Å². The van der Waals surface area contributed by atoms with Gasteiger partial charge < -0.3 is 9.47 Å². The smallest absolute Gasteiger partial charge is 0.305 e. The van der Waals surface area contributed by atoms with Crippen LogP contribution in [0.5, 0.6) is 0 Å². The maximum absolute atomic E-state index is 11.5. The zero-order valence-corrected chi connectivity index (χ0v) is 11.0. The van der Waals surface area contributed by atoms with Gasteiger partial charge in [0.1, 0.15) is 0 Å². The van der Waals surface area contributed by atoms with Gasteiger partial charge in [0, 0.05) is 6.42 Å². The molecule has 1 saturated carbocycles. The fraction of sp³-hybridized carbons (Fsp3) is 0.929. The molecule has 98 valence electrons. The van der Waals surface area contributed by atoms with Crippen molar-refractivity contribution in [3.05, 3.63) is 0 Å². The molecule has 0 N–H and O–H groups in total. The second-order valence-electron chi connectivity index (χ2n) is 5.70. The number of esters is 1. The van der Waals surface area contributed by atoms with Gasteiger partial charge in [-0.1, -0.05) is 19.8 Å². The van der Waals surface area contributed by atoms with Gasteiger partial charge in [0.15, 0.2) is 0 Å². The fourth-order valence-electron chi connectivity index (χ4n) is 2.67. The molecule has 2 aliphatic rings. The van der Waals surface area contributed by atoms with E-state index < -0.39 is 0 Å². The maximum Gasteiger partial charge on any atom is 0.305 e. The van der Waals surface area contributed by atoms with Crippen LogP contribution in [-0.4, -0.2) is 24.3 Å². The van der Waals surface area contributed by atoms with E-state index >= 15 is 0 Å². The molecule has 0 spiro atoms. The molecule has 0 bridgehead atoms. The molecular formula is C14H24O3. The number of hydrogen-bond donors (Lipinski definition) is 0. The summed E-state index contributed by atoms with van der Waals surface area (Å²) in [6.07, 6.45) is 7.56. The molecule has 2 fully saturated rings. The van der Waals surface area contributed by atoms with Crippen LogP contribution in [-0.2, 0) is 14.3 Å². The summed E-state index contributed by atoms with van der Waals surface area (Å²) >= 11 is 0. The lowest BCUT2D eigenvalue weighted by molar-refractivity contribution is -0.145. The van der Waals surface area contributed by atoms with Crippen LogP contribution >= 0.6 is 0 Å². The lowest BCUT2D eigenvalue weighted by Crippen LogP contribution is -2.25. The summed E-state index contributed by atoms with van der Waals surface area (Å²) in [5.74, 6) is 0.495. The van der Waals surface area contributed by atoms with Crippen LogP contribution in [0.2, 0.25) is 0 Å². The van der Waals surface area contributed by atoms with E-state index in [1.54, 1.807) is 0 Å². The Hall–Kier alpha value is -0.570. The number of unbranched alkanes of at least 4 members (excludes halogenated alkanes) is 2. The normalized spacial score (nSPS) is 35.2. The molecule has 0 aromatic rings. The minimum atomic E-state index is -0.0245. The van der Waals surface area contributed by atoms with Gasteiger partial charge in [-0.3, -0.25) is 4.79 Å². The van der Waals surface area contributed by atoms with Crippen molar-refractivity contribution in [2.75, 3.05) is 6.61 Å². The van der Waals surface area contributed by atoms with E-state index in [9.17, 15) is 4.79 Å². The van der Waals surface area contributed by atoms with Crippen LogP contribution in [0.3, 0.4) is 0 Å². The van der Waals surface area contributed by atoms with Crippen LogP contribution in [0.15, 0.2) is 0 Å². The molecule has 0 amide bonds. The number of rotatable bonds is 6. The Bertz CT molecular complexity index is 277. The van der Waals surface area contributed by atoms with Crippen LogP contribution < -0.4 is 0 Å². The number of ether oxygens (including phenoxy) is 2. The number of carbonyl (C=O) groups excluding carboxylic acids is 1. The summed E-state index contributed by atoms with van der Waals surface area (Å²) < 4.78 is 11.0. The molecule has 3 heteroatoms. The first-order valence-corrected chi connectivity index (χ1v) is 6.97. The molecule has 17 heavy (non-hydrogen) atoms. The molecule has 1 aliphatic heterocycles. The van der Waals surface area contributed by atoms with Gasteiger partial charge in [-0.05, 0) is 38.5 Å². The van der Waals surface area contributed by atoms with Crippen molar-refractivity contribution in [1.29, 1.82) is 0 Å². The molecule has 1 saturated heterocycles. The van der Waals surface area contributed by atoms with Crippen LogP contribution in [0.1, 0.15) is 58.8 Å². The third kappa shape index (κ3) is 3.44. The summed E-state index contributed by atoms with van der Waals surface area (Å²) in [7, 11) is 0. The van der Waals surface area contributed by atoms with Crippen molar-refractivity contribution >= 4 is 5.97 Å². The number of epoxide rings is 1. The lowest BCUT2D eigenvalue weighted by atomic mass is 9.83. The van der Waals surface area contributed by atoms with Gasteiger partial charge in [-0.2, -0.15) is 0 Å². The van der Waals surface area contributed by atoms with Crippen molar-refractivity contribution in [2.45, 2.75) is 70.5 Å². The highest BCUT2D eigenvalue weighted by atomic mass is 16.6. The molecule has 3 atom stereocenters. The summed E-state index contributed by atoms with van der Waals surface area (Å²) in [5.41, 5.74) is 0.168. The Kier molecular flexibility index (Phi) is 4.08. The van der Waals surface area contributed by atoms with Crippen molar-refractivity contribution in [1.82, 2.24) is 0 Å². The average Bonchev–Trinajstić information content (AvgIpc) is 2.97. The summed E-state index contributed by atoms with van der Waals surface area (Å²) in [6.45, 7) is 4.92. The van der Waals surface area contributed by atoms with Gasteiger partial charge in [-0.25, -0.2) is 0 Å². The van der Waals surface area contributed by atoms with E-state index in [1.165, 1.54) is 0 Å². The van der Waals surface area contributed by atoms with E-state index in [1.807, 2.05) is 0 Å². The monoisotopic (exact) mass is 240 g/mol. The first kappa shape index (κ1) is 12.9. The zero-order chi connectivity index (χ0) is 12.3. The Morgan fingerprint density at radius 3 is 3.00 bits per heavy atom. The van der Waals surface area contributed by atoms with Gasteiger partial charge in [0.05, 0.1) is 18.3 Å². The first-order valence-electron chi connectivity index (χ1n) is 6.97. The Morgan fingerprint density at radius 2 is 2.29 bits per heavy atom. The van der Waals surface area contributed by atoms with Gasteiger partial charge >= 0.3 is 5.97 Å². The molecule has 1 aliphatic carbocycles. The predicted molar refractivity (Wildman–Crippen MR) is 65.7 cm³/mol. The van der Waals surface area contributed by atoms with Gasteiger partial charge in [0.2, 0.25) is 0 Å². The fourth-order valence-corrected chi connectivity index (χ4v) is 2.67. The molecule has 3 nitrogen and oxygen atoms in total. The number of fused-ring (bicyclic) bond motifs is 1. The maximum atomic E-state index is 11.5. The number of carbonyl (C=O) groups is 1. The summed E-state index contributed by atoms with van der Waals surface area (Å²) in [5, 5.41) is 0. The van der Waals surface area contributed by atoms with Gasteiger partial charge in [0.25, 0.3) is 0 Å². The highest BCUT2D eigenvalue weighted by molar-refractivity contribution is 5.69. The quantitative estimate of drug-likeness (QED) is 0.407. The van der Waals surface area contributed by atoms with Crippen molar-refractivity contribution in [3.8, 4) is 0 Å². The van der Waals surface area contributed by atoms with E-state index in [-0.39, 0.29) is 11.6 Å². The molecule has 1 heterocycles. The second kappa shape index (κ2) is 5.38. The highest BCUT2D eigenvalue weighted by Gasteiger charge is 2.55. The third-order valence-corrected chi connectivity index (χ3v) is 4.10. The minimum absolute atomic E-state index is 0.0245. The molecule has 3 unspecified atom stereocenters. The predicted octanol–water partition coefficient (Wildman–Crippen LogP) is 3.07. The highest BCUT2D eigenvalue weighted by Crippen LogP contribution is 2.49. The van der Waals surface area contributed by atoms with E-state index in [2.05, 4.69) is 13.8 Å². The van der Waals surface area contributed by atoms with E-state index in [0.29, 0.717) is 25.0 Å². The largest absolute Gasteiger partial charge is 0.465 e. The van der Waals surface area contributed by atoms with Crippen molar-refractivity contribution in [2.24, 2.45) is 5.92 Å². The average molecular weight is 240 g/mol. The Morgan fingerprint density at radius 1 is 1.47 bits per heavy atom. The summed E-state index contributed by atoms with van der Waals surface area (Å²) in [4.78, 5) is 11.5. The van der Waals surface area contributed by atoms with Crippen LogP contribution in [0.4, 0.5) is 0 Å². The molecule has 0 radical (unpaired) electrons. The minimum Gasteiger partial charge on any atom is -0.465 e. The van der Waals surface area contributed by atoms with E-state index in [4.69, 9.17) is 9.47 Å². The molecule has 0 aromatic heterocycles. The molecule has 0 aromatic carbocycles. The number of hydrogen-bond acceptors (Lipinski definition) is 3. The standard InChI is InChI=1S/C14H24O3/c1-3-4-5-6-13(15)16-10-11-7-8-14(2)12(9-11)17-14/h11-12H,3-10H2,1-2H3. The van der Waals surface area contributed by atoms with Crippen LogP contribution in [0.25, 0.3) is 0 Å². The topological polar surface area (TPSA) is 38.8 Å². The summed E-state index contributed by atoms with van der Waals surface area (Å²) in [6, 6.07) is 0. The van der Waals surface area contributed by atoms with Gasteiger partial charge in [-0.15, -0.1) is 0 Å². The van der Waals surface area contributed by atoms with E-state index in [0.717, 1.165) is 38.5 Å².